The van der Waals surface area contributed by atoms with E-state index in [9.17, 15) is 9.59 Å². The van der Waals surface area contributed by atoms with Crippen LogP contribution in [-0.2, 0) is 47.9 Å². The fourth-order valence-electron chi connectivity index (χ4n) is 6.80. The van der Waals surface area contributed by atoms with Gasteiger partial charge in [0.1, 0.15) is 0 Å². The number of nitrogens with one attached hydrogen (secondary N) is 2. The largest absolute Gasteiger partial charge is 0.449 e. The first-order valence-electron chi connectivity index (χ1n) is 19.1. The number of aryl methyl sites for hydroxylation is 3. The van der Waals surface area contributed by atoms with Crippen LogP contribution in [0.25, 0.3) is 22.9 Å². The molecular weight excluding hydrogens is 714 g/mol. The fourth-order valence-corrected chi connectivity index (χ4v) is 6.80. The summed E-state index contributed by atoms with van der Waals surface area (Å²) in [5.41, 5.74) is 3.96. The molecule has 1 saturated carbocycles. The van der Waals surface area contributed by atoms with Crippen molar-refractivity contribution in [1.29, 1.82) is 0 Å². The van der Waals surface area contributed by atoms with Crippen LogP contribution >= 0.6 is 0 Å². The van der Waals surface area contributed by atoms with Crippen molar-refractivity contribution >= 4 is 17.7 Å². The lowest BCUT2D eigenvalue weighted by atomic mass is 10.0. The Morgan fingerprint density at radius 3 is 2.07 bits per heavy atom. The van der Waals surface area contributed by atoms with Gasteiger partial charge >= 0.3 is 6.09 Å². The molecule has 2 amide bonds. The van der Waals surface area contributed by atoms with E-state index in [2.05, 4.69) is 48.3 Å². The maximum atomic E-state index is 12.7. The quantitative estimate of drug-likeness (QED) is 0.108. The fraction of sp³-hybridized carbons (Fsp3) is 0.622. The molecule has 0 aliphatic heterocycles. The van der Waals surface area contributed by atoms with E-state index in [4.69, 9.17) is 32.5 Å². The van der Waals surface area contributed by atoms with Crippen LogP contribution in [0.2, 0.25) is 0 Å². The molecule has 6 rings (SSSR count). The molecule has 1 fully saturated rings. The molecular formula is C37H51N9O9. The van der Waals surface area contributed by atoms with Gasteiger partial charge in [-0.3, -0.25) is 4.79 Å². The van der Waals surface area contributed by atoms with Gasteiger partial charge in [0.25, 0.3) is 0 Å². The maximum absolute atomic E-state index is 12.7. The second-order valence-corrected chi connectivity index (χ2v) is 13.6. The van der Waals surface area contributed by atoms with Gasteiger partial charge in [-0.05, 0) is 68.1 Å². The molecule has 3 unspecified atom stereocenters. The second kappa shape index (κ2) is 20.2. The highest BCUT2D eigenvalue weighted by atomic mass is 16.6. The van der Waals surface area contributed by atoms with E-state index < -0.39 is 0 Å². The maximum Gasteiger partial charge on any atom is 0.407 e. The van der Waals surface area contributed by atoms with Crippen molar-refractivity contribution < 1.29 is 42.1 Å². The molecule has 2 aliphatic carbocycles. The first-order valence-corrected chi connectivity index (χ1v) is 19.1. The number of hydrogen-bond donors (Lipinski definition) is 2. The van der Waals surface area contributed by atoms with Crippen molar-refractivity contribution in [3.63, 3.8) is 0 Å². The van der Waals surface area contributed by atoms with Crippen molar-refractivity contribution in [1.82, 2.24) is 40.7 Å². The smallest absolute Gasteiger partial charge is 0.407 e. The first-order chi connectivity index (χ1) is 26.9. The molecule has 298 valence electrons. The Labute approximate surface area is 319 Å². The molecule has 3 aromatic heterocycles. The Hall–Kier alpha value is -4.78. The van der Waals surface area contributed by atoms with Gasteiger partial charge in [-0.15, -0.1) is 25.5 Å². The Bertz CT molecular complexity index is 1770. The SMILES string of the molecule is CCCOCCNC(=O)OCC1C2CCc3nnn(CCOCCOCCOCCC(=O)Nc4cc(-c5nnc(C)o5)cc(-c5nnc(C)o5)c4)c3CCC21. The van der Waals surface area contributed by atoms with Gasteiger partial charge in [0.05, 0.1) is 77.2 Å². The monoisotopic (exact) mass is 765 g/mol. The van der Waals surface area contributed by atoms with Crippen LogP contribution in [0.5, 0.6) is 0 Å². The number of carbonyl (C=O) groups excluding carboxylic acids is 2. The number of benzene rings is 1. The van der Waals surface area contributed by atoms with E-state index in [1.54, 1.807) is 32.0 Å². The number of nitrogens with zero attached hydrogens (tertiary/aromatic N) is 7. The highest BCUT2D eigenvalue weighted by molar-refractivity contribution is 5.92. The molecule has 3 atom stereocenters. The van der Waals surface area contributed by atoms with Crippen LogP contribution < -0.4 is 10.6 Å². The van der Waals surface area contributed by atoms with Crippen molar-refractivity contribution in [3.8, 4) is 22.9 Å². The molecule has 3 heterocycles. The minimum Gasteiger partial charge on any atom is -0.449 e. The van der Waals surface area contributed by atoms with E-state index in [1.807, 2.05) is 4.68 Å². The summed E-state index contributed by atoms with van der Waals surface area (Å²) < 4.78 is 41.0. The zero-order chi connectivity index (χ0) is 38.4. The van der Waals surface area contributed by atoms with Crippen LogP contribution in [-0.4, -0.2) is 113 Å². The predicted octanol–water partition coefficient (Wildman–Crippen LogP) is 3.97. The van der Waals surface area contributed by atoms with Crippen LogP contribution in [0.15, 0.2) is 27.0 Å². The third-order valence-electron chi connectivity index (χ3n) is 9.55. The Kier molecular flexibility index (Phi) is 14.7. The summed E-state index contributed by atoms with van der Waals surface area (Å²) in [6, 6.07) is 5.26. The van der Waals surface area contributed by atoms with Crippen LogP contribution in [0.3, 0.4) is 0 Å². The third-order valence-corrected chi connectivity index (χ3v) is 9.55. The number of rotatable bonds is 22. The summed E-state index contributed by atoms with van der Waals surface area (Å²) in [6.45, 7) is 10.5. The van der Waals surface area contributed by atoms with Crippen LogP contribution in [0.1, 0.15) is 55.8 Å². The predicted molar refractivity (Wildman–Crippen MR) is 196 cm³/mol. The number of amides is 2. The number of ether oxygens (including phenoxy) is 5. The molecule has 2 N–H and O–H groups in total. The molecule has 1 aromatic carbocycles. The first kappa shape index (κ1) is 39.9. The summed E-state index contributed by atoms with van der Waals surface area (Å²) in [5.74, 6) is 2.77. The molecule has 18 heteroatoms. The minimum absolute atomic E-state index is 0.152. The van der Waals surface area contributed by atoms with Crippen molar-refractivity contribution in [2.24, 2.45) is 17.8 Å². The third kappa shape index (κ3) is 11.9. The van der Waals surface area contributed by atoms with Gasteiger partial charge in [-0.25, -0.2) is 9.48 Å². The van der Waals surface area contributed by atoms with Crippen LogP contribution in [0.4, 0.5) is 10.5 Å². The Morgan fingerprint density at radius 1 is 0.782 bits per heavy atom. The number of carbonyl (C=O) groups is 2. The Morgan fingerprint density at radius 2 is 1.42 bits per heavy atom. The molecule has 0 bridgehead atoms. The summed E-state index contributed by atoms with van der Waals surface area (Å²) in [7, 11) is 0. The molecule has 55 heavy (non-hydrogen) atoms. The number of aromatic nitrogens is 7. The highest BCUT2D eigenvalue weighted by Gasteiger charge is 2.50. The lowest BCUT2D eigenvalue weighted by molar-refractivity contribution is -0.117. The normalized spacial score (nSPS) is 17.5. The second-order valence-electron chi connectivity index (χ2n) is 13.6. The van der Waals surface area contributed by atoms with Crippen LogP contribution in [0, 0.1) is 31.6 Å². The van der Waals surface area contributed by atoms with E-state index >= 15 is 0 Å². The molecule has 0 saturated heterocycles. The number of anilines is 1. The summed E-state index contributed by atoms with van der Waals surface area (Å²) >= 11 is 0. The summed E-state index contributed by atoms with van der Waals surface area (Å²) in [4.78, 5) is 24.8. The molecule has 0 radical (unpaired) electrons. The minimum atomic E-state index is -0.374. The number of alkyl carbamates (subject to hydrolysis) is 1. The highest BCUT2D eigenvalue weighted by Crippen LogP contribution is 2.52. The average molecular weight is 766 g/mol. The van der Waals surface area contributed by atoms with Crippen molar-refractivity contribution in [2.45, 2.75) is 65.8 Å². The zero-order valence-electron chi connectivity index (χ0n) is 31.8. The molecule has 18 nitrogen and oxygen atoms in total. The van der Waals surface area contributed by atoms with E-state index in [-0.39, 0.29) is 25.0 Å². The van der Waals surface area contributed by atoms with Crippen molar-refractivity contribution in [3.05, 3.63) is 41.4 Å². The van der Waals surface area contributed by atoms with Gasteiger partial charge in [-0.1, -0.05) is 12.1 Å². The van der Waals surface area contributed by atoms with Gasteiger partial charge in [0.15, 0.2) is 0 Å². The van der Waals surface area contributed by atoms with Gasteiger partial charge < -0.3 is 43.2 Å². The zero-order valence-corrected chi connectivity index (χ0v) is 31.8. The lowest BCUT2D eigenvalue weighted by Gasteiger charge is -2.11. The van der Waals surface area contributed by atoms with Gasteiger partial charge in [-0.2, -0.15) is 0 Å². The molecule has 2 aliphatic rings. The molecule has 4 aromatic rings. The van der Waals surface area contributed by atoms with E-state index in [0.717, 1.165) is 37.8 Å². The standard InChI is InChI=1S/C37H51N9O9/c1-4-12-49-14-10-38-37(48)53-23-31-29-5-7-32-33(8-6-30(29)31)46(45-42-32)11-15-51-17-19-52-18-16-50-13-9-34(47)39-28-21-26(35-43-40-24(2)54-35)20-27(22-28)36-44-41-25(3)55-36/h20-22,29-31H,4-19,23H2,1-3H3,(H,38,48)(H,39,47). The topological polar surface area (TPSA) is 213 Å². The summed E-state index contributed by atoms with van der Waals surface area (Å²) in [6.07, 6.45) is 4.59. The van der Waals surface area contributed by atoms with E-state index in [1.165, 1.54) is 5.69 Å². The lowest BCUT2D eigenvalue weighted by Crippen LogP contribution is -2.28. The van der Waals surface area contributed by atoms with Gasteiger partial charge in [0.2, 0.25) is 29.5 Å². The number of hydrogen-bond acceptors (Lipinski definition) is 15. The summed E-state index contributed by atoms with van der Waals surface area (Å²) in [5, 5.41) is 30.4. The average Bonchev–Trinajstić information content (AvgIpc) is 3.54. The van der Waals surface area contributed by atoms with E-state index in [0.29, 0.717) is 124 Å². The van der Waals surface area contributed by atoms with Crippen molar-refractivity contribution in [2.75, 3.05) is 71.3 Å². The Balaban J connectivity index is 0.807. The van der Waals surface area contributed by atoms with Gasteiger partial charge in [0, 0.05) is 43.8 Å². The number of fused-ring (bicyclic) bond motifs is 2. The molecule has 0 spiro atoms.